The van der Waals surface area contributed by atoms with Gasteiger partial charge in [0.05, 0.1) is 0 Å². The lowest BCUT2D eigenvalue weighted by Gasteiger charge is -1.84. The smallest absolute Gasteiger partial charge is 0.133 e. The van der Waals surface area contributed by atoms with Crippen LogP contribution < -0.4 is 0 Å². The van der Waals surface area contributed by atoms with Crippen LogP contribution in [0.2, 0.25) is 0 Å². The molecule has 70 valence electrons. The molecule has 0 spiro atoms. The van der Waals surface area contributed by atoms with Crippen LogP contribution in [0.4, 0.5) is 0 Å². The highest BCUT2D eigenvalue weighted by molar-refractivity contribution is 8.03. The van der Waals surface area contributed by atoms with Crippen molar-refractivity contribution >= 4 is 23.5 Å². The molecule has 0 atom stereocenters. The number of nitrogens with zero attached hydrogens (tertiary/aromatic N) is 1. The second-order valence-corrected chi connectivity index (χ2v) is 4.72. The molecule has 1 heterocycles. The zero-order valence-electron chi connectivity index (χ0n) is 7.71. The highest BCUT2D eigenvalue weighted by Gasteiger charge is 1.95. The first-order chi connectivity index (χ1) is 5.91. The summed E-state index contributed by atoms with van der Waals surface area (Å²) in [6.07, 6.45) is 5.28. The Morgan fingerprint density at radius 1 is 1.42 bits per heavy atom. The van der Waals surface area contributed by atoms with Gasteiger partial charge in [0.25, 0.3) is 0 Å². The lowest BCUT2D eigenvalue weighted by Crippen LogP contribution is -1.71. The summed E-state index contributed by atoms with van der Waals surface area (Å²) in [5, 5.41) is 10.0. The van der Waals surface area contributed by atoms with Crippen LogP contribution in [0.1, 0.15) is 32.6 Å². The number of hydrogen-bond donors (Lipinski definition) is 0. The van der Waals surface area contributed by atoms with E-state index in [1.165, 1.54) is 42.5 Å². The van der Waals surface area contributed by atoms with E-state index in [1.54, 1.807) is 0 Å². The van der Waals surface area contributed by atoms with Gasteiger partial charge in [-0.15, -0.1) is 0 Å². The third kappa shape index (κ3) is 10.2. The van der Waals surface area contributed by atoms with E-state index in [2.05, 4.69) is 18.7 Å². The number of thiocyanates is 1. The Bertz CT molecular complexity index is 109. The molecule has 1 saturated heterocycles. The van der Waals surface area contributed by atoms with E-state index in [0.717, 1.165) is 12.2 Å². The van der Waals surface area contributed by atoms with E-state index in [1.807, 2.05) is 5.40 Å². The molecule has 0 radical (unpaired) electrons. The van der Waals surface area contributed by atoms with Crippen LogP contribution >= 0.6 is 23.5 Å². The second kappa shape index (κ2) is 11.2. The van der Waals surface area contributed by atoms with Crippen LogP contribution in [0.25, 0.3) is 0 Å². The quantitative estimate of drug-likeness (QED) is 0.518. The Balaban J connectivity index is 0.000000211. The first-order valence-corrected chi connectivity index (χ1v) is 6.64. The average molecular weight is 203 g/mol. The molecule has 1 aliphatic heterocycles. The molecule has 0 aromatic rings. The number of nitriles is 1. The zero-order valence-corrected chi connectivity index (χ0v) is 9.35. The molecular weight excluding hydrogens is 186 g/mol. The van der Waals surface area contributed by atoms with Gasteiger partial charge in [0.15, 0.2) is 0 Å². The molecule has 0 aromatic heterocycles. The lowest BCUT2D eigenvalue weighted by atomic mass is 10.4. The monoisotopic (exact) mass is 203 g/mol. The maximum atomic E-state index is 8.01. The largest absolute Gasteiger partial charge is 0.185 e. The maximum absolute atomic E-state index is 8.01. The van der Waals surface area contributed by atoms with Crippen LogP contribution in [0.15, 0.2) is 0 Å². The molecule has 1 nitrogen and oxygen atoms in total. The molecule has 1 aliphatic rings. The summed E-state index contributed by atoms with van der Waals surface area (Å²) >= 11 is 3.41. The van der Waals surface area contributed by atoms with Crippen molar-refractivity contribution in [2.45, 2.75) is 32.6 Å². The first kappa shape index (κ1) is 12.2. The summed E-state index contributed by atoms with van der Waals surface area (Å²) in [6.45, 7) is 2.12. The first-order valence-electron chi connectivity index (χ1n) is 4.50. The van der Waals surface area contributed by atoms with Crippen LogP contribution in [0.3, 0.4) is 0 Å². The predicted octanol–water partition coefficient (Wildman–Crippen LogP) is 3.51. The number of rotatable bonds is 3. The van der Waals surface area contributed by atoms with Crippen molar-refractivity contribution in [2.75, 3.05) is 17.3 Å². The minimum Gasteiger partial charge on any atom is -0.185 e. The normalized spacial score (nSPS) is 14.7. The van der Waals surface area contributed by atoms with Crippen molar-refractivity contribution in [2.24, 2.45) is 0 Å². The van der Waals surface area contributed by atoms with Crippen LogP contribution in [0, 0.1) is 10.7 Å². The molecule has 0 amide bonds. The highest BCUT2D eigenvalue weighted by Crippen LogP contribution is 2.14. The van der Waals surface area contributed by atoms with Crippen molar-refractivity contribution in [3.05, 3.63) is 0 Å². The van der Waals surface area contributed by atoms with Crippen molar-refractivity contribution in [1.82, 2.24) is 0 Å². The summed E-state index contributed by atoms with van der Waals surface area (Å²) in [6, 6.07) is 0. The van der Waals surface area contributed by atoms with Gasteiger partial charge < -0.3 is 0 Å². The lowest BCUT2D eigenvalue weighted by molar-refractivity contribution is 0.898. The summed E-state index contributed by atoms with van der Waals surface area (Å²) < 4.78 is 0. The summed E-state index contributed by atoms with van der Waals surface area (Å²) in [4.78, 5) is 0. The van der Waals surface area contributed by atoms with Crippen LogP contribution in [-0.2, 0) is 0 Å². The molecule has 3 heteroatoms. The van der Waals surface area contributed by atoms with Crippen LogP contribution in [0.5, 0.6) is 0 Å². The Labute approximate surface area is 84.3 Å². The molecule has 0 aromatic carbocycles. The van der Waals surface area contributed by atoms with E-state index >= 15 is 0 Å². The van der Waals surface area contributed by atoms with Crippen LogP contribution in [-0.4, -0.2) is 17.3 Å². The van der Waals surface area contributed by atoms with Gasteiger partial charge in [-0.05, 0) is 42.5 Å². The Hall–Kier alpha value is 0.190. The van der Waals surface area contributed by atoms with Gasteiger partial charge in [-0.25, -0.2) is 0 Å². The SMILES string of the molecule is C1CCSC1.CCCCSC#N. The predicted molar refractivity (Wildman–Crippen MR) is 59.5 cm³/mol. The molecule has 1 rings (SSSR count). The van der Waals surface area contributed by atoms with E-state index in [4.69, 9.17) is 5.26 Å². The van der Waals surface area contributed by atoms with Gasteiger partial charge in [0, 0.05) is 5.75 Å². The minimum atomic E-state index is 0.993. The van der Waals surface area contributed by atoms with Crippen molar-refractivity contribution < 1.29 is 0 Å². The fourth-order valence-corrected chi connectivity index (χ4v) is 2.32. The molecule has 1 fully saturated rings. The molecule has 0 unspecified atom stereocenters. The standard InChI is InChI=1S/C5H9NS.C4H8S/c1-2-3-4-7-5-6;1-2-4-5-3-1/h2-4H2,1H3;1-4H2. The zero-order chi connectivity index (χ0) is 9.07. The molecule has 0 N–H and O–H groups in total. The number of hydrogen-bond acceptors (Lipinski definition) is 3. The summed E-state index contributed by atoms with van der Waals surface area (Å²) in [5.74, 6) is 3.83. The fourth-order valence-electron chi connectivity index (χ4n) is 0.772. The third-order valence-electron chi connectivity index (χ3n) is 1.49. The van der Waals surface area contributed by atoms with E-state index < -0.39 is 0 Å². The molecule has 0 bridgehead atoms. The minimum absolute atomic E-state index is 0.993. The third-order valence-corrected chi connectivity index (χ3v) is 3.27. The highest BCUT2D eigenvalue weighted by atomic mass is 32.2. The van der Waals surface area contributed by atoms with E-state index in [-0.39, 0.29) is 0 Å². The van der Waals surface area contributed by atoms with Gasteiger partial charge in [0.1, 0.15) is 5.40 Å². The van der Waals surface area contributed by atoms with Crippen molar-refractivity contribution in [1.29, 1.82) is 5.26 Å². The summed E-state index contributed by atoms with van der Waals surface area (Å²) in [5.41, 5.74) is 0. The van der Waals surface area contributed by atoms with Gasteiger partial charge in [-0.3, -0.25) is 0 Å². The number of thioether (sulfide) groups is 2. The number of unbranched alkanes of at least 4 members (excludes halogenated alkanes) is 1. The van der Waals surface area contributed by atoms with Gasteiger partial charge >= 0.3 is 0 Å². The molecular formula is C9H17NS2. The Kier molecular flexibility index (Phi) is 11.4. The molecule has 0 saturated carbocycles. The van der Waals surface area contributed by atoms with Gasteiger partial charge in [0.2, 0.25) is 0 Å². The topological polar surface area (TPSA) is 23.8 Å². The Morgan fingerprint density at radius 3 is 2.42 bits per heavy atom. The maximum Gasteiger partial charge on any atom is 0.133 e. The van der Waals surface area contributed by atoms with Gasteiger partial charge in [-0.2, -0.15) is 17.0 Å². The average Bonchev–Trinajstić information content (AvgIpc) is 2.62. The Morgan fingerprint density at radius 2 is 2.08 bits per heavy atom. The summed E-state index contributed by atoms with van der Waals surface area (Å²) in [7, 11) is 0. The van der Waals surface area contributed by atoms with E-state index in [0.29, 0.717) is 0 Å². The fraction of sp³-hybridized carbons (Fsp3) is 0.889. The molecule has 12 heavy (non-hydrogen) atoms. The molecule has 0 aliphatic carbocycles. The van der Waals surface area contributed by atoms with E-state index in [9.17, 15) is 0 Å². The second-order valence-electron chi connectivity index (χ2n) is 2.61. The van der Waals surface area contributed by atoms with Gasteiger partial charge in [-0.1, -0.05) is 13.3 Å². The van der Waals surface area contributed by atoms with Crippen molar-refractivity contribution in [3.63, 3.8) is 0 Å². The van der Waals surface area contributed by atoms with Crippen molar-refractivity contribution in [3.8, 4) is 5.40 Å².